The van der Waals surface area contributed by atoms with Gasteiger partial charge in [0.25, 0.3) is 15.9 Å². The Balaban J connectivity index is 1.54. The van der Waals surface area contributed by atoms with E-state index in [9.17, 15) is 22.8 Å². The zero-order valence-corrected chi connectivity index (χ0v) is 22.4. The highest BCUT2D eigenvalue weighted by Crippen LogP contribution is 2.30. The summed E-state index contributed by atoms with van der Waals surface area (Å²) < 4.78 is 26.6. The monoisotopic (exact) mass is 545 g/mol. The van der Waals surface area contributed by atoms with Gasteiger partial charge in [0.2, 0.25) is 11.8 Å². The zero-order valence-electron chi connectivity index (χ0n) is 20.9. The van der Waals surface area contributed by atoms with Crippen LogP contribution in [0.15, 0.2) is 53.4 Å². The molecule has 1 saturated carbocycles. The van der Waals surface area contributed by atoms with Gasteiger partial charge < -0.3 is 10.2 Å². The van der Waals surface area contributed by atoms with E-state index in [0.717, 1.165) is 36.4 Å². The van der Waals surface area contributed by atoms with Gasteiger partial charge in [-0.1, -0.05) is 68.1 Å². The third-order valence-corrected chi connectivity index (χ3v) is 9.29. The number of nitrogens with one attached hydrogen (secondary N) is 1. The topological polar surface area (TPSA) is 104 Å². The van der Waals surface area contributed by atoms with Gasteiger partial charge >= 0.3 is 0 Å². The molecular weight excluding hydrogens is 514 g/mol. The quantitative estimate of drug-likeness (QED) is 0.510. The lowest BCUT2D eigenvalue weighted by atomic mass is 9.95. The Hall–Kier alpha value is -2.91. The van der Waals surface area contributed by atoms with Gasteiger partial charge in [-0.15, -0.1) is 0 Å². The highest BCUT2D eigenvalue weighted by atomic mass is 35.5. The van der Waals surface area contributed by atoms with E-state index in [1.54, 1.807) is 36.4 Å². The molecule has 1 aliphatic carbocycles. The van der Waals surface area contributed by atoms with Crippen LogP contribution in [0.25, 0.3) is 0 Å². The molecule has 1 fully saturated rings. The number of hydrogen-bond acceptors (Lipinski definition) is 5. The number of fused-ring (bicyclic) bond motifs is 1. The fraction of sp³-hybridized carbons (Fsp3) is 0.444. The maximum atomic E-state index is 13.6. The second-order valence-corrected chi connectivity index (χ2v) is 11.7. The highest BCUT2D eigenvalue weighted by molar-refractivity contribution is 7.90. The third kappa shape index (κ3) is 5.83. The van der Waals surface area contributed by atoms with E-state index in [4.69, 9.17) is 11.6 Å². The number of sulfonamides is 1. The lowest BCUT2D eigenvalue weighted by Gasteiger charge is -2.33. The highest BCUT2D eigenvalue weighted by Gasteiger charge is 2.41. The van der Waals surface area contributed by atoms with Crippen LogP contribution in [0, 0.1) is 0 Å². The number of amides is 3. The van der Waals surface area contributed by atoms with E-state index in [2.05, 4.69) is 5.32 Å². The molecule has 1 atom stereocenters. The number of rotatable bonds is 9. The summed E-state index contributed by atoms with van der Waals surface area (Å²) in [6.45, 7) is 1.62. The molecule has 8 nitrogen and oxygen atoms in total. The summed E-state index contributed by atoms with van der Waals surface area (Å²) >= 11 is 6.37. The number of halogens is 1. The Morgan fingerprint density at radius 3 is 2.43 bits per heavy atom. The van der Waals surface area contributed by atoms with Crippen LogP contribution in [-0.2, 0) is 26.2 Å². The van der Waals surface area contributed by atoms with E-state index < -0.39 is 27.9 Å². The van der Waals surface area contributed by atoms with Crippen LogP contribution in [0.5, 0.6) is 0 Å². The first-order valence-corrected chi connectivity index (χ1v) is 14.5. The number of hydrogen-bond donors (Lipinski definition) is 1. The van der Waals surface area contributed by atoms with Crippen molar-refractivity contribution < 1.29 is 22.8 Å². The fourth-order valence-corrected chi connectivity index (χ4v) is 6.83. The standard InChI is InChI=1S/C27H32ClN3O5S/c1-2-23(26(33)29-20-11-4-3-5-12-20)30(18-19-10-6-8-14-22(19)28)25(32)16-17-31-27(34)21-13-7-9-15-24(21)37(31,35)36/h6-10,13-15,20,23H,2-5,11-12,16-18H2,1H3,(H,29,33)/t23-/m1/s1. The molecule has 0 aromatic heterocycles. The van der Waals surface area contributed by atoms with E-state index in [-0.39, 0.29) is 41.9 Å². The van der Waals surface area contributed by atoms with Crippen molar-refractivity contribution in [1.82, 2.24) is 14.5 Å². The minimum atomic E-state index is -4.03. The molecule has 198 valence electrons. The van der Waals surface area contributed by atoms with Gasteiger partial charge in [0.15, 0.2) is 0 Å². The average Bonchev–Trinajstić information content (AvgIpc) is 3.09. The predicted molar refractivity (Wildman–Crippen MR) is 140 cm³/mol. The van der Waals surface area contributed by atoms with Crippen molar-refractivity contribution in [2.24, 2.45) is 0 Å². The van der Waals surface area contributed by atoms with Gasteiger partial charge in [0.1, 0.15) is 10.9 Å². The lowest BCUT2D eigenvalue weighted by molar-refractivity contribution is -0.141. The maximum absolute atomic E-state index is 13.6. The number of carbonyl (C=O) groups excluding carboxylic acids is 3. The summed E-state index contributed by atoms with van der Waals surface area (Å²) in [4.78, 5) is 41.1. The van der Waals surface area contributed by atoms with Gasteiger partial charge in [-0.3, -0.25) is 14.4 Å². The van der Waals surface area contributed by atoms with Crippen LogP contribution in [0.4, 0.5) is 0 Å². The molecule has 1 aliphatic heterocycles. The second-order valence-electron chi connectivity index (χ2n) is 9.51. The fourth-order valence-electron chi connectivity index (χ4n) is 5.07. The molecule has 4 rings (SSSR count). The third-order valence-electron chi connectivity index (χ3n) is 7.08. The Labute approximate surface area is 223 Å². The molecule has 0 saturated heterocycles. The summed E-state index contributed by atoms with van der Waals surface area (Å²) in [7, 11) is -4.03. The first-order chi connectivity index (χ1) is 17.7. The first kappa shape index (κ1) is 27.1. The molecule has 0 bridgehead atoms. The Bertz CT molecular complexity index is 1280. The predicted octanol–water partition coefficient (Wildman–Crippen LogP) is 4.13. The second kappa shape index (κ2) is 11.6. The summed E-state index contributed by atoms with van der Waals surface area (Å²) in [5, 5.41) is 3.58. The van der Waals surface area contributed by atoms with E-state index in [1.165, 1.54) is 17.0 Å². The molecule has 2 aliphatic rings. The van der Waals surface area contributed by atoms with Gasteiger partial charge in [0.05, 0.1) is 5.56 Å². The molecular formula is C27H32ClN3O5S. The molecule has 37 heavy (non-hydrogen) atoms. The van der Waals surface area contributed by atoms with Crippen LogP contribution >= 0.6 is 11.6 Å². The van der Waals surface area contributed by atoms with Crippen molar-refractivity contribution in [3.63, 3.8) is 0 Å². The summed E-state index contributed by atoms with van der Waals surface area (Å²) in [6.07, 6.45) is 5.22. The van der Waals surface area contributed by atoms with Crippen molar-refractivity contribution in [1.29, 1.82) is 0 Å². The van der Waals surface area contributed by atoms with Crippen LogP contribution in [0.2, 0.25) is 5.02 Å². The van der Waals surface area contributed by atoms with Crippen molar-refractivity contribution in [2.75, 3.05) is 6.54 Å². The molecule has 0 radical (unpaired) electrons. The molecule has 2 aromatic carbocycles. The van der Waals surface area contributed by atoms with Crippen LogP contribution < -0.4 is 5.32 Å². The SMILES string of the molecule is CC[C@H](C(=O)NC1CCCCC1)N(Cc1ccccc1Cl)C(=O)CCN1C(=O)c2ccccc2S1(=O)=O. The van der Waals surface area contributed by atoms with Gasteiger partial charge in [0, 0.05) is 30.6 Å². The minimum Gasteiger partial charge on any atom is -0.352 e. The first-order valence-electron chi connectivity index (χ1n) is 12.7. The lowest BCUT2D eigenvalue weighted by Crippen LogP contribution is -2.52. The van der Waals surface area contributed by atoms with Crippen molar-refractivity contribution >= 4 is 39.3 Å². The van der Waals surface area contributed by atoms with Gasteiger partial charge in [-0.2, -0.15) is 0 Å². The number of benzene rings is 2. The largest absolute Gasteiger partial charge is 0.352 e. The molecule has 3 amide bonds. The zero-order chi connectivity index (χ0) is 26.6. The van der Waals surface area contributed by atoms with Crippen molar-refractivity contribution in [3.8, 4) is 0 Å². The maximum Gasteiger partial charge on any atom is 0.269 e. The molecule has 0 spiro atoms. The van der Waals surface area contributed by atoms with Crippen LogP contribution in [-0.4, -0.2) is 54.0 Å². The van der Waals surface area contributed by atoms with Gasteiger partial charge in [-0.25, -0.2) is 12.7 Å². The smallest absolute Gasteiger partial charge is 0.269 e. The normalized spacial score (nSPS) is 17.8. The van der Waals surface area contributed by atoms with Crippen LogP contribution in [0.3, 0.4) is 0 Å². The number of carbonyl (C=O) groups is 3. The summed E-state index contributed by atoms with van der Waals surface area (Å²) in [6, 6.07) is 12.4. The van der Waals surface area contributed by atoms with Gasteiger partial charge in [-0.05, 0) is 43.0 Å². The van der Waals surface area contributed by atoms with Crippen LogP contribution in [0.1, 0.15) is 67.8 Å². The number of nitrogens with zero attached hydrogens (tertiary/aromatic N) is 2. The van der Waals surface area contributed by atoms with Crippen molar-refractivity contribution in [3.05, 3.63) is 64.7 Å². The average molecular weight is 546 g/mol. The van der Waals surface area contributed by atoms with E-state index >= 15 is 0 Å². The molecule has 1 N–H and O–H groups in total. The Morgan fingerprint density at radius 2 is 1.76 bits per heavy atom. The molecule has 2 aromatic rings. The molecule has 10 heteroatoms. The molecule has 1 heterocycles. The summed E-state index contributed by atoms with van der Waals surface area (Å²) in [5.41, 5.74) is 0.778. The van der Waals surface area contributed by atoms with E-state index in [1.807, 2.05) is 6.92 Å². The summed E-state index contributed by atoms with van der Waals surface area (Å²) in [5.74, 6) is -1.31. The minimum absolute atomic E-state index is 0.0568. The molecule has 0 unspecified atom stereocenters. The Morgan fingerprint density at radius 1 is 1.08 bits per heavy atom. The Kier molecular flexibility index (Phi) is 8.54. The van der Waals surface area contributed by atoms with E-state index in [0.29, 0.717) is 17.0 Å². The van der Waals surface area contributed by atoms with Crippen molar-refractivity contribution in [2.45, 2.75) is 75.4 Å².